The SMILES string of the molecule is O=C(CC(=O)N1CCN(c2ccccc2F)CC1)NCc1ccc(Cl)cc1. The number of nitrogens with one attached hydrogen (secondary N) is 1. The van der Waals surface area contributed by atoms with Crippen LogP contribution in [0.2, 0.25) is 5.02 Å². The zero-order chi connectivity index (χ0) is 19.2. The molecule has 27 heavy (non-hydrogen) atoms. The summed E-state index contributed by atoms with van der Waals surface area (Å²) in [6.07, 6.45) is -0.187. The lowest BCUT2D eigenvalue weighted by Gasteiger charge is -2.36. The molecule has 1 aliphatic rings. The molecule has 2 aromatic carbocycles. The van der Waals surface area contributed by atoms with Crippen LogP contribution in [-0.4, -0.2) is 42.9 Å². The van der Waals surface area contributed by atoms with Crippen LogP contribution in [0.15, 0.2) is 48.5 Å². The molecule has 3 rings (SSSR count). The largest absolute Gasteiger partial charge is 0.366 e. The third-order valence-electron chi connectivity index (χ3n) is 4.54. The number of halogens is 2. The molecule has 0 radical (unpaired) electrons. The highest BCUT2D eigenvalue weighted by molar-refractivity contribution is 6.30. The smallest absolute Gasteiger partial charge is 0.232 e. The van der Waals surface area contributed by atoms with Gasteiger partial charge in [0.1, 0.15) is 12.2 Å². The van der Waals surface area contributed by atoms with E-state index < -0.39 is 0 Å². The molecule has 0 saturated carbocycles. The molecule has 0 aromatic heterocycles. The number of anilines is 1. The summed E-state index contributed by atoms with van der Waals surface area (Å²) in [6, 6.07) is 13.8. The molecule has 0 unspecified atom stereocenters. The van der Waals surface area contributed by atoms with Crippen molar-refractivity contribution in [2.24, 2.45) is 0 Å². The van der Waals surface area contributed by atoms with Crippen molar-refractivity contribution >= 4 is 29.1 Å². The Labute approximate surface area is 162 Å². The van der Waals surface area contributed by atoms with Gasteiger partial charge in [0, 0.05) is 37.7 Å². The van der Waals surface area contributed by atoms with Gasteiger partial charge in [0.25, 0.3) is 0 Å². The second-order valence-corrected chi connectivity index (χ2v) is 6.84. The second kappa shape index (κ2) is 8.86. The number of amides is 2. The molecule has 0 aliphatic carbocycles. The number of hydrogen-bond acceptors (Lipinski definition) is 3. The summed E-state index contributed by atoms with van der Waals surface area (Å²) in [5, 5.41) is 3.38. The highest BCUT2D eigenvalue weighted by Gasteiger charge is 2.23. The van der Waals surface area contributed by atoms with Gasteiger partial charge < -0.3 is 15.1 Å². The average Bonchev–Trinajstić information content (AvgIpc) is 2.68. The molecule has 0 spiro atoms. The van der Waals surface area contributed by atoms with Crippen LogP contribution in [0.3, 0.4) is 0 Å². The molecule has 7 heteroatoms. The van der Waals surface area contributed by atoms with Gasteiger partial charge >= 0.3 is 0 Å². The zero-order valence-corrected chi connectivity index (χ0v) is 15.6. The molecule has 5 nitrogen and oxygen atoms in total. The van der Waals surface area contributed by atoms with E-state index in [9.17, 15) is 14.0 Å². The molecule has 0 atom stereocenters. The van der Waals surface area contributed by atoms with Crippen LogP contribution in [0.5, 0.6) is 0 Å². The normalized spacial score (nSPS) is 14.1. The van der Waals surface area contributed by atoms with Crippen LogP contribution in [0.4, 0.5) is 10.1 Å². The predicted octanol–water partition coefficient (Wildman–Crippen LogP) is 2.83. The topological polar surface area (TPSA) is 52.7 Å². The van der Waals surface area contributed by atoms with Crippen molar-refractivity contribution in [2.45, 2.75) is 13.0 Å². The third kappa shape index (κ3) is 5.20. The maximum atomic E-state index is 13.9. The molecule has 1 N–H and O–H groups in total. The zero-order valence-electron chi connectivity index (χ0n) is 14.8. The lowest BCUT2D eigenvalue weighted by molar-refractivity contribution is -0.136. The van der Waals surface area contributed by atoms with Gasteiger partial charge in [0.05, 0.1) is 5.69 Å². The Morgan fingerprint density at radius 1 is 1.00 bits per heavy atom. The minimum atomic E-state index is -0.313. The van der Waals surface area contributed by atoms with E-state index in [0.29, 0.717) is 43.4 Å². The van der Waals surface area contributed by atoms with Crippen molar-refractivity contribution < 1.29 is 14.0 Å². The Morgan fingerprint density at radius 3 is 2.33 bits per heavy atom. The number of carbonyl (C=O) groups excluding carboxylic acids is 2. The standard InChI is InChI=1S/C20H21ClFN3O2/c21-16-7-5-15(6-8-16)14-23-19(26)13-20(27)25-11-9-24(10-12-25)18-4-2-1-3-17(18)22/h1-8H,9-14H2,(H,23,26). The predicted molar refractivity (Wildman–Crippen MR) is 103 cm³/mol. The van der Waals surface area contributed by atoms with Crippen molar-refractivity contribution in [3.63, 3.8) is 0 Å². The van der Waals surface area contributed by atoms with E-state index in [1.165, 1.54) is 6.07 Å². The Hall–Kier alpha value is -2.60. The number of nitrogens with zero attached hydrogens (tertiary/aromatic N) is 2. The number of para-hydroxylation sites is 1. The first-order valence-corrected chi connectivity index (χ1v) is 9.19. The van der Waals surface area contributed by atoms with Gasteiger partial charge in [-0.1, -0.05) is 35.9 Å². The average molecular weight is 390 g/mol. The Morgan fingerprint density at radius 2 is 1.67 bits per heavy atom. The van der Waals surface area contributed by atoms with E-state index in [4.69, 9.17) is 11.6 Å². The van der Waals surface area contributed by atoms with Crippen LogP contribution in [0, 0.1) is 5.82 Å². The number of hydrogen-bond donors (Lipinski definition) is 1. The van der Waals surface area contributed by atoms with Crippen LogP contribution in [-0.2, 0) is 16.1 Å². The summed E-state index contributed by atoms with van der Waals surface area (Å²) in [7, 11) is 0. The molecule has 142 valence electrons. The minimum absolute atomic E-state index is 0.187. The molecule has 1 heterocycles. The van der Waals surface area contributed by atoms with Crippen LogP contribution >= 0.6 is 11.6 Å². The highest BCUT2D eigenvalue weighted by atomic mass is 35.5. The molecular formula is C20H21ClFN3O2. The fraction of sp³-hybridized carbons (Fsp3) is 0.300. The fourth-order valence-electron chi connectivity index (χ4n) is 3.02. The van der Waals surface area contributed by atoms with Gasteiger partial charge in [-0.05, 0) is 29.8 Å². The number of rotatable bonds is 5. The van der Waals surface area contributed by atoms with E-state index in [2.05, 4.69) is 5.32 Å². The third-order valence-corrected chi connectivity index (χ3v) is 4.79. The van der Waals surface area contributed by atoms with Crippen molar-refractivity contribution in [3.05, 3.63) is 64.9 Å². The van der Waals surface area contributed by atoms with Crippen LogP contribution < -0.4 is 10.2 Å². The number of piperazine rings is 1. The van der Waals surface area contributed by atoms with Gasteiger partial charge in [-0.2, -0.15) is 0 Å². The molecular weight excluding hydrogens is 369 g/mol. The number of carbonyl (C=O) groups is 2. The summed E-state index contributed by atoms with van der Waals surface area (Å²) in [5.74, 6) is -0.790. The monoisotopic (exact) mass is 389 g/mol. The molecule has 1 aliphatic heterocycles. The van der Waals surface area contributed by atoms with Crippen molar-refractivity contribution in [1.29, 1.82) is 0 Å². The van der Waals surface area contributed by atoms with Crippen molar-refractivity contribution in [1.82, 2.24) is 10.2 Å². The van der Waals surface area contributed by atoms with E-state index in [1.54, 1.807) is 35.2 Å². The lowest BCUT2D eigenvalue weighted by atomic mass is 10.2. The summed E-state index contributed by atoms with van der Waals surface area (Å²) in [6.45, 7) is 2.37. The fourth-order valence-corrected chi connectivity index (χ4v) is 3.15. The quantitative estimate of drug-likeness (QED) is 0.800. The first kappa shape index (κ1) is 19.2. The summed E-state index contributed by atoms with van der Waals surface area (Å²) >= 11 is 5.83. The lowest BCUT2D eigenvalue weighted by Crippen LogP contribution is -2.49. The second-order valence-electron chi connectivity index (χ2n) is 6.40. The molecule has 1 fully saturated rings. The summed E-state index contributed by atoms with van der Waals surface area (Å²) < 4.78 is 13.9. The van der Waals surface area contributed by atoms with E-state index in [-0.39, 0.29) is 24.1 Å². The highest BCUT2D eigenvalue weighted by Crippen LogP contribution is 2.20. The van der Waals surface area contributed by atoms with Crippen LogP contribution in [0.1, 0.15) is 12.0 Å². The Kier molecular flexibility index (Phi) is 6.29. The summed E-state index contributed by atoms with van der Waals surface area (Å²) in [5.41, 5.74) is 1.46. The number of benzene rings is 2. The van der Waals surface area contributed by atoms with E-state index in [0.717, 1.165) is 5.56 Å². The summed E-state index contributed by atoms with van der Waals surface area (Å²) in [4.78, 5) is 27.9. The van der Waals surface area contributed by atoms with Crippen LogP contribution in [0.25, 0.3) is 0 Å². The molecule has 2 aromatic rings. The Bertz CT molecular complexity index is 805. The van der Waals surface area contributed by atoms with Crippen molar-refractivity contribution in [3.8, 4) is 0 Å². The van der Waals surface area contributed by atoms with Gasteiger partial charge in [-0.25, -0.2) is 4.39 Å². The van der Waals surface area contributed by atoms with Crippen molar-refractivity contribution in [2.75, 3.05) is 31.1 Å². The van der Waals surface area contributed by atoms with E-state index in [1.807, 2.05) is 17.0 Å². The molecule has 2 amide bonds. The molecule has 0 bridgehead atoms. The first-order valence-electron chi connectivity index (χ1n) is 8.81. The Balaban J connectivity index is 1.44. The first-order chi connectivity index (χ1) is 13.0. The van der Waals surface area contributed by atoms with Gasteiger partial charge in [-0.3, -0.25) is 9.59 Å². The van der Waals surface area contributed by atoms with Gasteiger partial charge in [0.15, 0.2) is 0 Å². The maximum Gasteiger partial charge on any atom is 0.232 e. The van der Waals surface area contributed by atoms with Gasteiger partial charge in [0.2, 0.25) is 11.8 Å². The van der Waals surface area contributed by atoms with Gasteiger partial charge in [-0.15, -0.1) is 0 Å². The van der Waals surface area contributed by atoms with E-state index >= 15 is 0 Å². The maximum absolute atomic E-state index is 13.9. The molecule has 1 saturated heterocycles. The minimum Gasteiger partial charge on any atom is -0.366 e.